The molecule has 0 bridgehead atoms. The summed E-state index contributed by atoms with van der Waals surface area (Å²) >= 11 is 0. The topological polar surface area (TPSA) is 66.0 Å². The van der Waals surface area contributed by atoms with Crippen molar-refractivity contribution in [1.29, 1.82) is 0 Å². The number of aromatic nitrogens is 3. The normalized spacial score (nSPS) is 10.9. The van der Waals surface area contributed by atoms with E-state index in [2.05, 4.69) is 10.1 Å². The summed E-state index contributed by atoms with van der Waals surface area (Å²) in [6, 6.07) is 5.62. The van der Waals surface area contributed by atoms with Gasteiger partial charge in [0, 0.05) is 5.69 Å². The predicted molar refractivity (Wildman–Crippen MR) is 71.0 cm³/mol. The number of aryl methyl sites for hydroxylation is 2. The molecule has 2 rings (SSSR count). The van der Waals surface area contributed by atoms with Gasteiger partial charge in [-0.05, 0) is 45.9 Å². The summed E-state index contributed by atoms with van der Waals surface area (Å²) in [6.07, 6.45) is 0.0375. The van der Waals surface area contributed by atoms with Crippen LogP contribution in [0.3, 0.4) is 0 Å². The number of rotatable bonds is 3. The summed E-state index contributed by atoms with van der Waals surface area (Å²) in [6.45, 7) is 7.82. The number of nitrogens with zero attached hydrogens (tertiary/aromatic N) is 3. The van der Waals surface area contributed by atoms with E-state index in [-0.39, 0.29) is 6.10 Å². The monoisotopic (exact) mass is 246 g/mol. The lowest BCUT2D eigenvalue weighted by atomic mass is 10.3. The van der Waals surface area contributed by atoms with Gasteiger partial charge in [0.05, 0.1) is 17.5 Å². The fraction of sp³-hybridized carbons (Fsp3) is 0.385. The fourth-order valence-electron chi connectivity index (χ4n) is 1.74. The highest BCUT2D eigenvalue weighted by molar-refractivity contribution is 5.50. The smallest absolute Gasteiger partial charge is 0.239 e. The van der Waals surface area contributed by atoms with E-state index in [1.165, 1.54) is 0 Å². The van der Waals surface area contributed by atoms with E-state index >= 15 is 0 Å². The van der Waals surface area contributed by atoms with Crippen LogP contribution in [-0.2, 0) is 0 Å². The largest absolute Gasteiger partial charge is 0.473 e. The Balaban J connectivity index is 2.43. The van der Waals surface area contributed by atoms with Crippen LogP contribution in [0, 0.1) is 13.8 Å². The quantitative estimate of drug-likeness (QED) is 0.902. The van der Waals surface area contributed by atoms with Gasteiger partial charge in [-0.2, -0.15) is 10.1 Å². The third kappa shape index (κ3) is 2.45. The minimum absolute atomic E-state index is 0.0375. The number of hydrogen-bond donors (Lipinski definition) is 1. The van der Waals surface area contributed by atoms with Gasteiger partial charge in [0.25, 0.3) is 0 Å². The van der Waals surface area contributed by atoms with Gasteiger partial charge in [0.15, 0.2) is 5.82 Å². The molecule has 0 saturated heterocycles. The molecule has 0 spiro atoms. The maximum atomic E-state index is 5.84. The van der Waals surface area contributed by atoms with Gasteiger partial charge in [-0.1, -0.05) is 0 Å². The number of nitrogen functional groups attached to an aromatic ring is 1. The highest BCUT2D eigenvalue weighted by atomic mass is 16.5. The maximum absolute atomic E-state index is 5.84. The van der Waals surface area contributed by atoms with Crippen molar-refractivity contribution in [3.8, 4) is 11.7 Å². The van der Waals surface area contributed by atoms with Gasteiger partial charge in [0.2, 0.25) is 5.88 Å². The van der Waals surface area contributed by atoms with E-state index in [9.17, 15) is 0 Å². The Morgan fingerprint density at radius 3 is 2.56 bits per heavy atom. The van der Waals surface area contributed by atoms with E-state index in [0.29, 0.717) is 17.4 Å². The molecule has 0 aliphatic rings. The fourth-order valence-corrected chi connectivity index (χ4v) is 1.74. The van der Waals surface area contributed by atoms with Crippen molar-refractivity contribution in [1.82, 2.24) is 14.8 Å². The van der Waals surface area contributed by atoms with Crippen molar-refractivity contribution >= 4 is 5.69 Å². The van der Waals surface area contributed by atoms with Crippen molar-refractivity contribution < 1.29 is 4.74 Å². The first-order chi connectivity index (χ1) is 8.47. The molecular weight excluding hydrogens is 228 g/mol. The van der Waals surface area contributed by atoms with Gasteiger partial charge in [-0.15, -0.1) is 0 Å². The van der Waals surface area contributed by atoms with Crippen LogP contribution in [0.15, 0.2) is 18.2 Å². The highest BCUT2D eigenvalue weighted by Crippen LogP contribution is 2.22. The molecule has 5 nitrogen and oxygen atoms in total. The summed E-state index contributed by atoms with van der Waals surface area (Å²) in [5.74, 6) is 1.17. The van der Waals surface area contributed by atoms with Gasteiger partial charge in [-0.3, -0.25) is 0 Å². The van der Waals surface area contributed by atoms with Gasteiger partial charge >= 0.3 is 0 Å². The minimum atomic E-state index is 0.0375. The molecule has 0 aromatic carbocycles. The predicted octanol–water partition coefficient (Wildman–Crippen LogP) is 2.25. The zero-order valence-electron chi connectivity index (χ0n) is 11.1. The number of ether oxygens (including phenoxy) is 1. The lowest BCUT2D eigenvalue weighted by Gasteiger charge is -2.12. The van der Waals surface area contributed by atoms with Crippen LogP contribution >= 0.6 is 0 Å². The molecule has 0 amide bonds. The molecule has 96 valence electrons. The van der Waals surface area contributed by atoms with E-state index in [0.717, 1.165) is 11.4 Å². The maximum Gasteiger partial charge on any atom is 0.239 e. The Morgan fingerprint density at radius 1 is 1.28 bits per heavy atom. The van der Waals surface area contributed by atoms with E-state index in [4.69, 9.17) is 10.5 Å². The zero-order valence-corrected chi connectivity index (χ0v) is 11.1. The van der Waals surface area contributed by atoms with E-state index in [1.54, 1.807) is 10.7 Å². The summed E-state index contributed by atoms with van der Waals surface area (Å²) in [4.78, 5) is 4.41. The molecule has 0 aliphatic carbocycles. The molecule has 18 heavy (non-hydrogen) atoms. The summed E-state index contributed by atoms with van der Waals surface area (Å²) in [5, 5.41) is 4.39. The van der Waals surface area contributed by atoms with Gasteiger partial charge < -0.3 is 10.5 Å². The summed E-state index contributed by atoms with van der Waals surface area (Å²) in [5.41, 5.74) is 8.36. The third-order valence-electron chi connectivity index (χ3n) is 2.45. The Hall–Kier alpha value is -2.04. The Labute approximate surface area is 107 Å². The van der Waals surface area contributed by atoms with Crippen molar-refractivity contribution in [2.45, 2.75) is 33.8 Å². The molecule has 2 aromatic rings. The standard InChI is InChI=1S/C13H18N4O/c1-8(2)18-13-11(14)5-6-12(15-13)17-10(4)7-9(3)16-17/h5-8H,14H2,1-4H3. The molecule has 2 heterocycles. The van der Waals surface area contributed by atoms with Crippen LogP contribution in [0.2, 0.25) is 0 Å². The van der Waals surface area contributed by atoms with Crippen molar-refractivity contribution in [3.05, 3.63) is 29.6 Å². The highest BCUT2D eigenvalue weighted by Gasteiger charge is 2.10. The molecule has 0 unspecified atom stereocenters. The molecule has 0 radical (unpaired) electrons. The summed E-state index contributed by atoms with van der Waals surface area (Å²) in [7, 11) is 0. The lowest BCUT2D eigenvalue weighted by molar-refractivity contribution is 0.234. The number of nitrogens with two attached hydrogens (primary N) is 1. The molecule has 0 aliphatic heterocycles. The second-order valence-electron chi connectivity index (χ2n) is 4.57. The van der Waals surface area contributed by atoms with E-state index in [1.807, 2.05) is 39.8 Å². The Morgan fingerprint density at radius 2 is 2.00 bits per heavy atom. The minimum Gasteiger partial charge on any atom is -0.473 e. The second-order valence-corrected chi connectivity index (χ2v) is 4.57. The van der Waals surface area contributed by atoms with Crippen molar-refractivity contribution in [3.63, 3.8) is 0 Å². The second kappa shape index (κ2) is 4.68. The van der Waals surface area contributed by atoms with Gasteiger partial charge in [0.1, 0.15) is 0 Å². The van der Waals surface area contributed by atoms with E-state index < -0.39 is 0 Å². The first-order valence-electron chi connectivity index (χ1n) is 5.94. The first-order valence-corrected chi connectivity index (χ1v) is 5.94. The average Bonchev–Trinajstić information content (AvgIpc) is 2.60. The number of pyridine rings is 1. The first kappa shape index (κ1) is 12.4. The molecule has 0 saturated carbocycles. The number of hydrogen-bond acceptors (Lipinski definition) is 4. The molecule has 2 N–H and O–H groups in total. The Bertz CT molecular complexity index is 560. The van der Waals surface area contributed by atoms with Crippen LogP contribution in [0.4, 0.5) is 5.69 Å². The van der Waals surface area contributed by atoms with Crippen molar-refractivity contribution in [2.24, 2.45) is 0 Å². The molecule has 0 fully saturated rings. The van der Waals surface area contributed by atoms with Crippen LogP contribution in [0.1, 0.15) is 25.2 Å². The average molecular weight is 246 g/mol. The van der Waals surface area contributed by atoms with Crippen LogP contribution < -0.4 is 10.5 Å². The number of anilines is 1. The molecule has 2 aromatic heterocycles. The third-order valence-corrected chi connectivity index (χ3v) is 2.45. The van der Waals surface area contributed by atoms with Crippen LogP contribution in [-0.4, -0.2) is 20.9 Å². The summed E-state index contributed by atoms with van der Waals surface area (Å²) < 4.78 is 7.36. The van der Waals surface area contributed by atoms with Crippen LogP contribution in [0.5, 0.6) is 5.88 Å². The lowest BCUT2D eigenvalue weighted by Crippen LogP contribution is -2.11. The van der Waals surface area contributed by atoms with Crippen molar-refractivity contribution in [2.75, 3.05) is 5.73 Å². The Kier molecular flexibility index (Phi) is 3.23. The van der Waals surface area contributed by atoms with Crippen LogP contribution in [0.25, 0.3) is 5.82 Å². The molecular formula is C13H18N4O. The SMILES string of the molecule is Cc1cc(C)n(-c2ccc(N)c(OC(C)C)n2)n1. The molecule has 5 heteroatoms. The zero-order chi connectivity index (χ0) is 13.3. The molecule has 0 atom stereocenters. The van der Waals surface area contributed by atoms with Gasteiger partial charge in [-0.25, -0.2) is 4.68 Å².